The molecule has 1 fully saturated rings. The maximum Gasteiger partial charge on any atom is 0.319 e. The number of aryl methyl sites for hydroxylation is 3. The molecule has 126 valence electrons. The van der Waals surface area contributed by atoms with Gasteiger partial charge in [0.05, 0.1) is 6.04 Å². The van der Waals surface area contributed by atoms with Gasteiger partial charge in [-0.2, -0.15) is 0 Å². The van der Waals surface area contributed by atoms with Crippen molar-refractivity contribution in [3.63, 3.8) is 0 Å². The molecule has 0 saturated carbocycles. The van der Waals surface area contributed by atoms with Gasteiger partial charge in [-0.25, -0.2) is 4.79 Å². The Morgan fingerprint density at radius 1 is 1.17 bits per heavy atom. The molecule has 3 amide bonds. The molecule has 2 rings (SSSR count). The number of nitrogens with zero attached hydrogens (tertiary/aromatic N) is 1. The summed E-state index contributed by atoms with van der Waals surface area (Å²) < 4.78 is 0. The van der Waals surface area contributed by atoms with Crippen LogP contribution in [0.15, 0.2) is 12.1 Å². The molecule has 1 aliphatic heterocycles. The minimum atomic E-state index is -0.256. The van der Waals surface area contributed by atoms with Crippen molar-refractivity contribution in [2.75, 3.05) is 11.9 Å². The highest BCUT2D eigenvalue weighted by Gasteiger charge is 2.36. The first-order valence-electron chi connectivity index (χ1n) is 8.04. The van der Waals surface area contributed by atoms with Gasteiger partial charge in [-0.05, 0) is 52.7 Å². The molecule has 2 N–H and O–H groups in total. The Hall–Kier alpha value is -2.04. The predicted octanol–water partition coefficient (Wildman–Crippen LogP) is 3.13. The average Bonchev–Trinajstić information content (AvgIpc) is 2.74. The molecule has 0 aromatic heterocycles. The van der Waals surface area contributed by atoms with Gasteiger partial charge in [0, 0.05) is 24.2 Å². The number of hydrogen-bond donors (Lipinski definition) is 2. The smallest absolute Gasteiger partial charge is 0.319 e. The molecule has 0 aliphatic carbocycles. The second-order valence-electron chi connectivity index (χ2n) is 7.45. The summed E-state index contributed by atoms with van der Waals surface area (Å²) in [6.45, 7) is 12.6. The third kappa shape index (κ3) is 4.03. The van der Waals surface area contributed by atoms with Crippen LogP contribution in [0.25, 0.3) is 0 Å². The van der Waals surface area contributed by atoms with E-state index in [9.17, 15) is 9.59 Å². The van der Waals surface area contributed by atoms with E-state index in [1.54, 1.807) is 0 Å². The SMILES string of the molecule is Cc1cc(C)c(NC(=O)NC2CC(=O)N(C(C)(C)C)C2)c(C)c1. The number of hydrogen-bond acceptors (Lipinski definition) is 2. The van der Waals surface area contributed by atoms with E-state index < -0.39 is 0 Å². The topological polar surface area (TPSA) is 61.4 Å². The van der Waals surface area contributed by atoms with E-state index in [1.807, 2.05) is 58.6 Å². The second-order valence-corrected chi connectivity index (χ2v) is 7.45. The zero-order chi connectivity index (χ0) is 17.4. The maximum atomic E-state index is 12.3. The molecule has 1 aromatic carbocycles. The number of nitrogens with one attached hydrogen (secondary N) is 2. The van der Waals surface area contributed by atoms with Gasteiger partial charge < -0.3 is 15.5 Å². The lowest BCUT2D eigenvalue weighted by molar-refractivity contribution is -0.131. The van der Waals surface area contributed by atoms with Crippen LogP contribution < -0.4 is 10.6 Å². The number of carbonyl (C=O) groups is 2. The Balaban J connectivity index is 2.00. The zero-order valence-electron chi connectivity index (χ0n) is 14.9. The van der Waals surface area contributed by atoms with Gasteiger partial charge in [0.1, 0.15) is 0 Å². The van der Waals surface area contributed by atoms with E-state index in [-0.39, 0.29) is 23.5 Å². The Morgan fingerprint density at radius 3 is 2.22 bits per heavy atom. The largest absolute Gasteiger partial charge is 0.336 e. The summed E-state index contributed by atoms with van der Waals surface area (Å²) in [6.07, 6.45) is 0.358. The predicted molar refractivity (Wildman–Crippen MR) is 92.7 cm³/mol. The molecular formula is C18H27N3O2. The lowest BCUT2D eigenvalue weighted by atomic mass is 10.1. The van der Waals surface area contributed by atoms with Crippen molar-refractivity contribution in [1.82, 2.24) is 10.2 Å². The Morgan fingerprint density at radius 2 is 1.74 bits per heavy atom. The van der Waals surface area contributed by atoms with E-state index in [2.05, 4.69) is 10.6 Å². The van der Waals surface area contributed by atoms with Crippen LogP contribution in [0.4, 0.5) is 10.5 Å². The lowest BCUT2D eigenvalue weighted by Crippen LogP contribution is -2.45. The molecule has 1 saturated heterocycles. The monoisotopic (exact) mass is 317 g/mol. The molecule has 0 bridgehead atoms. The summed E-state index contributed by atoms with van der Waals surface area (Å²) in [7, 11) is 0. The van der Waals surface area contributed by atoms with Crippen LogP contribution in [-0.2, 0) is 4.79 Å². The Bertz CT molecular complexity index is 609. The van der Waals surface area contributed by atoms with Gasteiger partial charge in [-0.3, -0.25) is 4.79 Å². The summed E-state index contributed by atoms with van der Waals surface area (Å²) in [5, 5.41) is 5.84. The molecular weight excluding hydrogens is 290 g/mol. The van der Waals surface area contributed by atoms with Gasteiger partial charge >= 0.3 is 6.03 Å². The highest BCUT2D eigenvalue weighted by atomic mass is 16.2. The maximum absolute atomic E-state index is 12.3. The first-order chi connectivity index (χ1) is 10.6. The molecule has 5 heteroatoms. The summed E-state index contributed by atoms with van der Waals surface area (Å²) in [4.78, 5) is 26.2. The van der Waals surface area contributed by atoms with E-state index in [0.717, 1.165) is 16.8 Å². The van der Waals surface area contributed by atoms with Gasteiger partial charge in [0.2, 0.25) is 5.91 Å². The number of carbonyl (C=O) groups excluding carboxylic acids is 2. The van der Waals surface area contributed by atoms with E-state index >= 15 is 0 Å². The molecule has 0 spiro atoms. The second kappa shape index (κ2) is 6.22. The number of amides is 3. The highest BCUT2D eigenvalue weighted by Crippen LogP contribution is 2.23. The fourth-order valence-corrected chi connectivity index (χ4v) is 3.16. The van der Waals surface area contributed by atoms with Crippen molar-refractivity contribution in [2.45, 2.75) is 59.5 Å². The van der Waals surface area contributed by atoms with Crippen LogP contribution >= 0.6 is 0 Å². The van der Waals surface area contributed by atoms with Gasteiger partial charge in [0.25, 0.3) is 0 Å². The fraction of sp³-hybridized carbons (Fsp3) is 0.556. The van der Waals surface area contributed by atoms with Crippen molar-refractivity contribution in [3.8, 4) is 0 Å². The lowest BCUT2D eigenvalue weighted by Gasteiger charge is -2.32. The number of urea groups is 1. The van der Waals surface area contributed by atoms with Crippen LogP contribution in [0.2, 0.25) is 0 Å². The van der Waals surface area contributed by atoms with Crippen molar-refractivity contribution in [1.29, 1.82) is 0 Å². The number of likely N-dealkylation sites (tertiary alicyclic amines) is 1. The molecule has 23 heavy (non-hydrogen) atoms. The number of anilines is 1. The molecule has 5 nitrogen and oxygen atoms in total. The molecule has 1 aliphatic rings. The summed E-state index contributed by atoms with van der Waals surface area (Å²) in [5.74, 6) is 0.0884. The molecule has 0 radical (unpaired) electrons. The average molecular weight is 317 g/mol. The highest BCUT2D eigenvalue weighted by molar-refractivity contribution is 5.92. The van der Waals surface area contributed by atoms with Gasteiger partial charge in [-0.1, -0.05) is 17.7 Å². The van der Waals surface area contributed by atoms with Crippen LogP contribution in [0.3, 0.4) is 0 Å². The van der Waals surface area contributed by atoms with E-state index in [0.29, 0.717) is 13.0 Å². The first-order valence-corrected chi connectivity index (χ1v) is 8.04. The van der Waals surface area contributed by atoms with E-state index in [1.165, 1.54) is 5.56 Å². The zero-order valence-corrected chi connectivity index (χ0v) is 14.9. The molecule has 1 heterocycles. The minimum absolute atomic E-state index is 0.0884. The Labute approximate surface area is 138 Å². The van der Waals surface area contributed by atoms with Crippen molar-refractivity contribution in [3.05, 3.63) is 28.8 Å². The number of benzene rings is 1. The van der Waals surface area contributed by atoms with Crippen molar-refractivity contribution in [2.24, 2.45) is 0 Å². The third-order valence-electron chi connectivity index (χ3n) is 4.19. The number of rotatable bonds is 2. The quantitative estimate of drug-likeness (QED) is 0.880. The molecule has 1 unspecified atom stereocenters. The summed E-state index contributed by atoms with van der Waals surface area (Å²) >= 11 is 0. The molecule has 1 atom stereocenters. The standard InChI is InChI=1S/C18H27N3O2/c1-11-7-12(2)16(13(3)8-11)20-17(23)19-14-9-15(22)21(10-14)18(4,5)6/h7-8,14H,9-10H2,1-6H3,(H2,19,20,23). The van der Waals surface area contributed by atoms with Crippen LogP contribution in [0, 0.1) is 20.8 Å². The third-order valence-corrected chi connectivity index (χ3v) is 4.19. The first kappa shape index (κ1) is 17.3. The van der Waals surface area contributed by atoms with E-state index in [4.69, 9.17) is 0 Å². The van der Waals surface area contributed by atoms with Crippen LogP contribution in [0.1, 0.15) is 43.9 Å². The summed E-state index contributed by atoms with van der Waals surface area (Å²) in [6, 6.07) is 3.69. The molecule has 1 aromatic rings. The summed E-state index contributed by atoms with van der Waals surface area (Å²) in [5.41, 5.74) is 3.87. The van der Waals surface area contributed by atoms with Gasteiger partial charge in [0.15, 0.2) is 0 Å². The minimum Gasteiger partial charge on any atom is -0.336 e. The normalized spacial score (nSPS) is 18.3. The van der Waals surface area contributed by atoms with Crippen molar-refractivity contribution >= 4 is 17.6 Å². The van der Waals surface area contributed by atoms with Crippen LogP contribution in [-0.4, -0.2) is 35.0 Å². The van der Waals surface area contributed by atoms with Crippen LogP contribution in [0.5, 0.6) is 0 Å². The van der Waals surface area contributed by atoms with Crippen molar-refractivity contribution < 1.29 is 9.59 Å². The Kier molecular flexibility index (Phi) is 4.68. The fourth-order valence-electron chi connectivity index (χ4n) is 3.16. The van der Waals surface area contributed by atoms with Gasteiger partial charge in [-0.15, -0.1) is 0 Å².